The molecular formula is C19H29IN4S. The molecule has 1 aromatic heterocycles. The summed E-state index contributed by atoms with van der Waals surface area (Å²) in [5.74, 6) is 0.860. The number of hydrogen-bond acceptors (Lipinski definition) is 3. The van der Waals surface area contributed by atoms with E-state index in [1.54, 1.807) is 11.3 Å². The molecule has 2 aromatic rings. The van der Waals surface area contributed by atoms with Crippen LogP contribution in [0.1, 0.15) is 32.3 Å². The fourth-order valence-electron chi connectivity index (χ4n) is 2.86. The number of aryl methyl sites for hydroxylation is 4. The summed E-state index contributed by atoms with van der Waals surface area (Å²) < 4.78 is 0. The highest BCUT2D eigenvalue weighted by atomic mass is 127. The van der Waals surface area contributed by atoms with Crippen LogP contribution in [0.3, 0.4) is 0 Å². The van der Waals surface area contributed by atoms with Crippen LogP contribution in [-0.4, -0.2) is 31.1 Å². The SMILES string of the molecule is CN=C(NCCc1cc(C)cc(C)c1)NCCc1sc(C)nc1C.I. The zero-order valence-electron chi connectivity index (χ0n) is 15.8. The van der Waals surface area contributed by atoms with Gasteiger partial charge in [-0.3, -0.25) is 4.99 Å². The number of hydrogen-bond donors (Lipinski definition) is 2. The lowest BCUT2D eigenvalue weighted by Crippen LogP contribution is -2.39. The fourth-order valence-corrected chi connectivity index (χ4v) is 3.80. The zero-order valence-corrected chi connectivity index (χ0v) is 18.9. The molecular weight excluding hydrogens is 443 g/mol. The number of halogens is 1. The van der Waals surface area contributed by atoms with E-state index < -0.39 is 0 Å². The van der Waals surface area contributed by atoms with Crippen LogP contribution >= 0.6 is 35.3 Å². The van der Waals surface area contributed by atoms with E-state index in [4.69, 9.17) is 0 Å². The van der Waals surface area contributed by atoms with Crippen molar-refractivity contribution in [3.63, 3.8) is 0 Å². The van der Waals surface area contributed by atoms with Gasteiger partial charge in [0.25, 0.3) is 0 Å². The molecule has 1 heterocycles. The molecule has 0 unspecified atom stereocenters. The number of benzene rings is 1. The third-order valence-corrected chi connectivity index (χ3v) is 4.99. The zero-order chi connectivity index (χ0) is 17.5. The first-order valence-electron chi connectivity index (χ1n) is 8.42. The Morgan fingerprint density at radius 1 is 1.00 bits per heavy atom. The lowest BCUT2D eigenvalue weighted by Gasteiger charge is -2.12. The monoisotopic (exact) mass is 472 g/mol. The van der Waals surface area contributed by atoms with Crippen molar-refractivity contribution in [3.05, 3.63) is 50.5 Å². The van der Waals surface area contributed by atoms with Crippen molar-refractivity contribution in [1.29, 1.82) is 0 Å². The van der Waals surface area contributed by atoms with Gasteiger partial charge in [-0.25, -0.2) is 4.98 Å². The van der Waals surface area contributed by atoms with Crippen molar-refractivity contribution in [1.82, 2.24) is 15.6 Å². The number of aromatic nitrogens is 1. The molecule has 0 saturated carbocycles. The lowest BCUT2D eigenvalue weighted by molar-refractivity contribution is 0.785. The van der Waals surface area contributed by atoms with Crippen molar-refractivity contribution < 1.29 is 0 Å². The summed E-state index contributed by atoms with van der Waals surface area (Å²) in [5, 5.41) is 7.91. The topological polar surface area (TPSA) is 49.3 Å². The van der Waals surface area contributed by atoms with Gasteiger partial charge < -0.3 is 10.6 Å². The third kappa shape index (κ3) is 7.32. The van der Waals surface area contributed by atoms with Crippen molar-refractivity contribution in [3.8, 4) is 0 Å². The molecule has 0 fully saturated rings. The Bertz CT molecular complexity index is 689. The second-order valence-electron chi connectivity index (χ2n) is 6.16. The predicted octanol–water partition coefficient (Wildman–Crippen LogP) is 3.94. The Labute approximate surface area is 172 Å². The molecule has 4 nitrogen and oxygen atoms in total. The lowest BCUT2D eigenvalue weighted by atomic mass is 10.1. The highest BCUT2D eigenvalue weighted by molar-refractivity contribution is 14.0. The Morgan fingerprint density at radius 3 is 2.12 bits per heavy atom. The average Bonchev–Trinajstić information content (AvgIpc) is 2.82. The van der Waals surface area contributed by atoms with Gasteiger partial charge in [-0.15, -0.1) is 35.3 Å². The smallest absolute Gasteiger partial charge is 0.190 e. The van der Waals surface area contributed by atoms with Gasteiger partial charge in [0.15, 0.2) is 5.96 Å². The van der Waals surface area contributed by atoms with E-state index >= 15 is 0 Å². The molecule has 0 amide bonds. The standard InChI is InChI=1S/C19H28N4S.HI/c1-13-10-14(2)12-17(11-13)6-8-21-19(20-5)22-9-7-18-15(3)23-16(4)24-18;/h10-12H,6-9H2,1-5H3,(H2,20,21,22);1H. The first kappa shape index (κ1) is 21.9. The normalized spacial score (nSPS) is 11.2. The van der Waals surface area contributed by atoms with Gasteiger partial charge in [0, 0.05) is 31.4 Å². The molecule has 0 saturated heterocycles. The maximum atomic E-state index is 4.47. The molecule has 2 rings (SSSR count). The summed E-state index contributed by atoms with van der Waals surface area (Å²) >= 11 is 1.78. The largest absolute Gasteiger partial charge is 0.356 e. The van der Waals surface area contributed by atoms with E-state index in [1.165, 1.54) is 21.6 Å². The van der Waals surface area contributed by atoms with Gasteiger partial charge >= 0.3 is 0 Å². The van der Waals surface area contributed by atoms with Crippen LogP contribution in [0.2, 0.25) is 0 Å². The van der Waals surface area contributed by atoms with E-state index in [2.05, 4.69) is 66.5 Å². The maximum Gasteiger partial charge on any atom is 0.190 e. The molecule has 0 spiro atoms. The average molecular weight is 472 g/mol. The summed E-state index contributed by atoms with van der Waals surface area (Å²) in [7, 11) is 1.81. The number of nitrogens with one attached hydrogen (secondary N) is 2. The minimum Gasteiger partial charge on any atom is -0.356 e. The van der Waals surface area contributed by atoms with Crippen LogP contribution in [0.5, 0.6) is 0 Å². The van der Waals surface area contributed by atoms with Gasteiger partial charge in [0.2, 0.25) is 0 Å². The minimum absolute atomic E-state index is 0. The number of guanidine groups is 1. The highest BCUT2D eigenvalue weighted by Crippen LogP contribution is 2.17. The predicted molar refractivity (Wildman–Crippen MR) is 120 cm³/mol. The highest BCUT2D eigenvalue weighted by Gasteiger charge is 2.05. The Hall–Kier alpha value is -1.15. The molecule has 0 aliphatic rings. The van der Waals surface area contributed by atoms with Crippen LogP contribution in [-0.2, 0) is 12.8 Å². The summed E-state index contributed by atoms with van der Waals surface area (Å²) in [5.41, 5.74) is 5.16. The number of aliphatic imine (C=N–C) groups is 1. The first-order chi connectivity index (χ1) is 11.5. The van der Waals surface area contributed by atoms with E-state index in [0.717, 1.165) is 42.6 Å². The molecule has 0 aliphatic heterocycles. The molecule has 0 radical (unpaired) electrons. The van der Waals surface area contributed by atoms with E-state index in [-0.39, 0.29) is 24.0 Å². The van der Waals surface area contributed by atoms with Gasteiger partial charge in [0.1, 0.15) is 0 Å². The summed E-state index contributed by atoms with van der Waals surface area (Å²) in [6, 6.07) is 6.71. The molecule has 0 atom stereocenters. The maximum absolute atomic E-state index is 4.47. The van der Waals surface area contributed by atoms with Crippen LogP contribution in [0.15, 0.2) is 23.2 Å². The molecule has 0 bridgehead atoms. The van der Waals surface area contributed by atoms with E-state index in [0.29, 0.717) is 0 Å². The molecule has 2 N–H and O–H groups in total. The summed E-state index contributed by atoms with van der Waals surface area (Å²) in [6.45, 7) is 10.2. The molecule has 138 valence electrons. The Morgan fingerprint density at radius 2 is 1.60 bits per heavy atom. The Kier molecular flexibility index (Phi) is 9.42. The molecule has 1 aromatic carbocycles. The van der Waals surface area contributed by atoms with Crippen LogP contribution in [0, 0.1) is 27.7 Å². The summed E-state index contributed by atoms with van der Waals surface area (Å²) in [6.07, 6.45) is 1.98. The van der Waals surface area contributed by atoms with Crippen LogP contribution < -0.4 is 10.6 Å². The molecule has 25 heavy (non-hydrogen) atoms. The van der Waals surface area contributed by atoms with Crippen molar-refractivity contribution in [2.75, 3.05) is 20.1 Å². The second kappa shape index (κ2) is 10.8. The van der Waals surface area contributed by atoms with E-state index in [9.17, 15) is 0 Å². The molecule has 6 heteroatoms. The van der Waals surface area contributed by atoms with Crippen molar-refractivity contribution in [2.45, 2.75) is 40.5 Å². The number of nitrogens with zero attached hydrogens (tertiary/aromatic N) is 2. The third-order valence-electron chi connectivity index (χ3n) is 3.86. The summed E-state index contributed by atoms with van der Waals surface area (Å²) in [4.78, 5) is 10.1. The second-order valence-corrected chi connectivity index (χ2v) is 7.45. The van der Waals surface area contributed by atoms with Crippen LogP contribution in [0.25, 0.3) is 0 Å². The van der Waals surface area contributed by atoms with Crippen molar-refractivity contribution in [2.24, 2.45) is 4.99 Å². The fraction of sp³-hybridized carbons (Fsp3) is 0.474. The van der Waals surface area contributed by atoms with Gasteiger partial charge in [-0.05, 0) is 39.7 Å². The minimum atomic E-state index is 0. The van der Waals surface area contributed by atoms with Crippen LogP contribution in [0.4, 0.5) is 0 Å². The Balaban J connectivity index is 0.00000312. The van der Waals surface area contributed by atoms with E-state index in [1.807, 2.05) is 7.05 Å². The van der Waals surface area contributed by atoms with Gasteiger partial charge in [-0.1, -0.05) is 29.3 Å². The number of rotatable bonds is 6. The van der Waals surface area contributed by atoms with Gasteiger partial charge in [-0.2, -0.15) is 0 Å². The number of thiazole rings is 1. The first-order valence-corrected chi connectivity index (χ1v) is 9.24. The van der Waals surface area contributed by atoms with Crippen molar-refractivity contribution >= 4 is 41.3 Å². The van der Waals surface area contributed by atoms with Gasteiger partial charge in [0.05, 0.1) is 10.7 Å². The quantitative estimate of drug-likeness (QED) is 0.381. The molecule has 0 aliphatic carbocycles.